The van der Waals surface area contributed by atoms with E-state index in [4.69, 9.17) is 16.3 Å². The molecule has 2 aromatic carbocycles. The smallest absolute Gasteiger partial charge is 0.277 e. The average Bonchev–Trinajstić information content (AvgIpc) is 2.59. The van der Waals surface area contributed by atoms with Crippen LogP contribution in [0.2, 0.25) is 5.02 Å². The molecule has 0 radical (unpaired) electrons. The van der Waals surface area contributed by atoms with Gasteiger partial charge in [0.2, 0.25) is 0 Å². The van der Waals surface area contributed by atoms with Gasteiger partial charge in [-0.1, -0.05) is 27.5 Å². The van der Waals surface area contributed by atoms with Crippen molar-refractivity contribution in [3.8, 4) is 5.75 Å². The van der Waals surface area contributed by atoms with E-state index in [1.807, 2.05) is 0 Å². The topological polar surface area (TPSA) is 93.8 Å². The van der Waals surface area contributed by atoms with Crippen LogP contribution in [0.1, 0.15) is 12.5 Å². The maximum atomic E-state index is 11.8. The molecule has 0 heterocycles. The third kappa shape index (κ3) is 5.54. The number of non-ortho nitro benzene ring substituents is 1. The van der Waals surface area contributed by atoms with E-state index >= 15 is 0 Å². The van der Waals surface area contributed by atoms with Gasteiger partial charge in [-0.15, -0.1) is 0 Å². The predicted molar refractivity (Wildman–Crippen MR) is 98.1 cm³/mol. The lowest BCUT2D eigenvalue weighted by atomic mass is 10.1. The van der Waals surface area contributed by atoms with Gasteiger partial charge >= 0.3 is 0 Å². The van der Waals surface area contributed by atoms with Crippen LogP contribution < -0.4 is 10.2 Å². The number of hydrogen-bond acceptors (Lipinski definition) is 5. The van der Waals surface area contributed by atoms with Gasteiger partial charge in [-0.2, -0.15) is 5.10 Å². The number of nitrogens with zero attached hydrogens (tertiary/aromatic N) is 2. The molecule has 0 aliphatic heterocycles. The summed E-state index contributed by atoms with van der Waals surface area (Å²) in [4.78, 5) is 21.9. The summed E-state index contributed by atoms with van der Waals surface area (Å²) in [5.74, 6) is -0.0728. The molecule has 0 unspecified atom stereocenters. The van der Waals surface area contributed by atoms with Crippen LogP contribution in [0.25, 0.3) is 0 Å². The van der Waals surface area contributed by atoms with Crippen LogP contribution in [0, 0.1) is 10.1 Å². The number of benzene rings is 2. The highest BCUT2D eigenvalue weighted by Gasteiger charge is 2.08. The van der Waals surface area contributed by atoms with E-state index in [9.17, 15) is 14.9 Å². The fourth-order valence-electron chi connectivity index (χ4n) is 1.80. The number of amides is 1. The average molecular weight is 427 g/mol. The highest BCUT2D eigenvalue weighted by atomic mass is 79.9. The maximum Gasteiger partial charge on any atom is 0.277 e. The number of carbonyl (C=O) groups excluding carboxylic acids is 1. The molecule has 0 aromatic heterocycles. The number of ether oxygens (including phenoxy) is 1. The highest BCUT2D eigenvalue weighted by molar-refractivity contribution is 9.10. The number of hydrazone groups is 1. The van der Waals surface area contributed by atoms with Gasteiger partial charge in [-0.25, -0.2) is 5.43 Å². The van der Waals surface area contributed by atoms with Crippen molar-refractivity contribution in [2.24, 2.45) is 5.10 Å². The minimum Gasteiger partial charge on any atom is -0.482 e. The molecule has 0 saturated carbocycles. The van der Waals surface area contributed by atoms with Crippen molar-refractivity contribution >= 4 is 44.8 Å². The summed E-state index contributed by atoms with van der Waals surface area (Å²) in [6.07, 6.45) is 0. The Hall–Kier alpha value is -2.45. The van der Waals surface area contributed by atoms with Crippen molar-refractivity contribution in [2.45, 2.75) is 6.92 Å². The van der Waals surface area contributed by atoms with Gasteiger partial charge in [0.1, 0.15) is 5.75 Å². The standard InChI is InChI=1S/C16H13BrClN3O4/c1-10(11-2-5-13(6-3-11)21(23)24)19-20-16(22)9-25-15-7-4-12(17)8-14(15)18/h2-8H,9H2,1H3,(H,20,22)/b19-10-. The van der Waals surface area contributed by atoms with E-state index in [1.54, 1.807) is 37.3 Å². The molecule has 130 valence electrons. The second kappa shape index (κ2) is 8.59. The van der Waals surface area contributed by atoms with E-state index in [0.29, 0.717) is 22.0 Å². The molecule has 0 bridgehead atoms. The largest absolute Gasteiger partial charge is 0.482 e. The van der Waals surface area contributed by atoms with Crippen LogP contribution in [0.4, 0.5) is 5.69 Å². The fraction of sp³-hybridized carbons (Fsp3) is 0.125. The first-order valence-corrected chi connectivity index (χ1v) is 8.19. The van der Waals surface area contributed by atoms with Gasteiger partial charge in [-0.3, -0.25) is 14.9 Å². The first kappa shape index (κ1) is 18.9. The van der Waals surface area contributed by atoms with Crippen LogP contribution in [0.5, 0.6) is 5.75 Å². The summed E-state index contributed by atoms with van der Waals surface area (Å²) in [6, 6.07) is 10.9. The minimum atomic E-state index is -0.484. The zero-order chi connectivity index (χ0) is 18.4. The van der Waals surface area contributed by atoms with Gasteiger partial charge in [0.25, 0.3) is 11.6 Å². The molecule has 0 spiro atoms. The molecule has 0 atom stereocenters. The lowest BCUT2D eigenvalue weighted by Crippen LogP contribution is -2.25. The molecule has 0 fully saturated rings. The Bertz CT molecular complexity index is 825. The SMILES string of the molecule is C/C(=N/NC(=O)COc1ccc(Br)cc1Cl)c1ccc([N+](=O)[O-])cc1. The minimum absolute atomic E-state index is 0.0136. The monoisotopic (exact) mass is 425 g/mol. The lowest BCUT2D eigenvalue weighted by Gasteiger charge is -2.07. The van der Waals surface area contributed by atoms with E-state index in [0.717, 1.165) is 4.47 Å². The van der Waals surface area contributed by atoms with Crippen LogP contribution in [0.3, 0.4) is 0 Å². The number of hydrogen-bond donors (Lipinski definition) is 1. The molecule has 2 rings (SSSR count). The molecule has 9 heteroatoms. The molecule has 0 aliphatic rings. The summed E-state index contributed by atoms with van der Waals surface area (Å²) >= 11 is 9.27. The maximum absolute atomic E-state index is 11.8. The molecule has 0 saturated heterocycles. The van der Waals surface area contributed by atoms with E-state index < -0.39 is 10.8 Å². The Balaban J connectivity index is 1.91. The number of halogens is 2. The number of rotatable bonds is 6. The zero-order valence-electron chi connectivity index (χ0n) is 13.0. The Morgan fingerprint density at radius 1 is 1.32 bits per heavy atom. The van der Waals surface area contributed by atoms with Gasteiger partial charge in [-0.05, 0) is 42.8 Å². The van der Waals surface area contributed by atoms with Crippen molar-refractivity contribution in [1.82, 2.24) is 5.43 Å². The van der Waals surface area contributed by atoms with Crippen LogP contribution in [-0.2, 0) is 4.79 Å². The van der Waals surface area contributed by atoms with Crippen LogP contribution in [0.15, 0.2) is 52.0 Å². The Kier molecular flexibility index (Phi) is 6.49. The van der Waals surface area contributed by atoms with Gasteiger partial charge < -0.3 is 4.74 Å². The Labute approximate surface area is 156 Å². The number of nitrogens with one attached hydrogen (secondary N) is 1. The zero-order valence-corrected chi connectivity index (χ0v) is 15.4. The second-order valence-corrected chi connectivity index (χ2v) is 6.22. The first-order chi connectivity index (χ1) is 11.9. The fourth-order valence-corrected chi connectivity index (χ4v) is 2.53. The summed E-state index contributed by atoms with van der Waals surface area (Å²) in [6.45, 7) is 1.42. The normalized spacial score (nSPS) is 11.1. The van der Waals surface area contributed by atoms with E-state index in [1.165, 1.54) is 12.1 Å². The number of carbonyl (C=O) groups is 1. The van der Waals surface area contributed by atoms with Crippen molar-refractivity contribution in [2.75, 3.05) is 6.61 Å². The molecule has 2 aromatic rings. The quantitative estimate of drug-likeness (QED) is 0.430. The molecule has 0 aliphatic carbocycles. The lowest BCUT2D eigenvalue weighted by molar-refractivity contribution is -0.384. The van der Waals surface area contributed by atoms with Crippen LogP contribution >= 0.6 is 27.5 Å². The molecule has 1 N–H and O–H groups in total. The first-order valence-electron chi connectivity index (χ1n) is 7.02. The molecule has 7 nitrogen and oxygen atoms in total. The molecular weight excluding hydrogens is 414 g/mol. The van der Waals surface area contributed by atoms with Crippen molar-refractivity contribution < 1.29 is 14.5 Å². The number of nitro groups is 1. The summed E-state index contributed by atoms with van der Waals surface area (Å²) in [7, 11) is 0. The van der Waals surface area contributed by atoms with Gasteiger partial charge in [0.05, 0.1) is 15.7 Å². The third-order valence-electron chi connectivity index (χ3n) is 3.10. The Morgan fingerprint density at radius 3 is 2.60 bits per heavy atom. The van der Waals surface area contributed by atoms with Crippen molar-refractivity contribution in [1.29, 1.82) is 0 Å². The number of nitro benzene ring substituents is 1. The van der Waals surface area contributed by atoms with E-state index in [-0.39, 0.29) is 12.3 Å². The summed E-state index contributed by atoms with van der Waals surface area (Å²) < 4.78 is 6.13. The summed E-state index contributed by atoms with van der Waals surface area (Å²) in [5, 5.41) is 14.9. The van der Waals surface area contributed by atoms with Gasteiger partial charge in [0.15, 0.2) is 6.61 Å². The second-order valence-electron chi connectivity index (χ2n) is 4.90. The van der Waals surface area contributed by atoms with E-state index in [2.05, 4.69) is 26.5 Å². The molecule has 25 heavy (non-hydrogen) atoms. The predicted octanol–water partition coefficient (Wildman–Crippen LogP) is 3.93. The van der Waals surface area contributed by atoms with Crippen LogP contribution in [-0.4, -0.2) is 23.1 Å². The molecular formula is C16H13BrClN3O4. The summed E-state index contributed by atoms with van der Waals surface area (Å²) in [5.41, 5.74) is 3.50. The Morgan fingerprint density at radius 2 is 2.00 bits per heavy atom. The highest BCUT2D eigenvalue weighted by Crippen LogP contribution is 2.27. The van der Waals surface area contributed by atoms with Gasteiger partial charge in [0, 0.05) is 16.6 Å². The van der Waals surface area contributed by atoms with Crippen molar-refractivity contribution in [3.63, 3.8) is 0 Å². The van der Waals surface area contributed by atoms with Crippen molar-refractivity contribution in [3.05, 3.63) is 67.6 Å². The third-order valence-corrected chi connectivity index (χ3v) is 3.89. The molecule has 1 amide bonds.